The van der Waals surface area contributed by atoms with Gasteiger partial charge in [-0.25, -0.2) is 4.79 Å². The van der Waals surface area contributed by atoms with Crippen LogP contribution in [0, 0.1) is 11.8 Å². The zero-order valence-electron chi connectivity index (χ0n) is 12.1. The highest BCUT2D eigenvalue weighted by molar-refractivity contribution is 5.74. The van der Waals surface area contributed by atoms with Crippen LogP contribution in [0.2, 0.25) is 0 Å². The Labute approximate surface area is 116 Å². The quantitative estimate of drug-likeness (QED) is 0.825. The van der Waals surface area contributed by atoms with Gasteiger partial charge in [-0.15, -0.1) is 0 Å². The maximum Gasteiger partial charge on any atom is 0.317 e. The van der Waals surface area contributed by atoms with Gasteiger partial charge < -0.3 is 15.3 Å². The first-order valence-electron chi connectivity index (χ1n) is 7.89. The Kier molecular flexibility index (Phi) is 5.49. The Morgan fingerprint density at radius 2 is 2.05 bits per heavy atom. The van der Waals surface area contributed by atoms with E-state index in [1.807, 2.05) is 4.90 Å². The molecule has 2 N–H and O–H groups in total. The number of hydrogen-bond donors (Lipinski definition) is 2. The summed E-state index contributed by atoms with van der Waals surface area (Å²) in [5.41, 5.74) is 0. The van der Waals surface area contributed by atoms with Gasteiger partial charge in [0.2, 0.25) is 0 Å². The van der Waals surface area contributed by atoms with Crippen molar-refractivity contribution in [2.75, 3.05) is 19.7 Å². The fourth-order valence-corrected chi connectivity index (χ4v) is 3.46. The summed E-state index contributed by atoms with van der Waals surface area (Å²) >= 11 is 0. The maximum atomic E-state index is 12.3. The van der Waals surface area contributed by atoms with Crippen LogP contribution in [0.3, 0.4) is 0 Å². The van der Waals surface area contributed by atoms with Crippen LogP contribution in [0.25, 0.3) is 0 Å². The molecule has 19 heavy (non-hydrogen) atoms. The van der Waals surface area contributed by atoms with E-state index in [1.54, 1.807) is 0 Å². The molecule has 0 radical (unpaired) electrons. The predicted molar refractivity (Wildman–Crippen MR) is 76.0 cm³/mol. The number of aliphatic hydroxyl groups is 1. The number of likely N-dealkylation sites (tertiary alicyclic amines) is 1. The van der Waals surface area contributed by atoms with Crippen LogP contribution in [0.15, 0.2) is 0 Å². The Morgan fingerprint density at radius 1 is 1.26 bits per heavy atom. The topological polar surface area (TPSA) is 52.6 Å². The van der Waals surface area contributed by atoms with Crippen molar-refractivity contribution in [1.82, 2.24) is 10.2 Å². The Balaban J connectivity index is 1.79. The molecule has 0 aromatic heterocycles. The van der Waals surface area contributed by atoms with Crippen LogP contribution >= 0.6 is 0 Å². The van der Waals surface area contributed by atoms with E-state index in [2.05, 4.69) is 12.2 Å². The number of nitrogens with one attached hydrogen (secondary N) is 1. The number of carbonyl (C=O) groups excluding carboxylic acids is 1. The molecule has 4 heteroatoms. The van der Waals surface area contributed by atoms with Crippen molar-refractivity contribution in [3.8, 4) is 0 Å². The van der Waals surface area contributed by atoms with Gasteiger partial charge in [-0.2, -0.15) is 0 Å². The Morgan fingerprint density at radius 3 is 2.79 bits per heavy atom. The molecule has 0 aromatic rings. The largest absolute Gasteiger partial charge is 0.396 e. The average Bonchev–Trinajstić information content (AvgIpc) is 2.47. The highest BCUT2D eigenvalue weighted by Gasteiger charge is 2.27. The number of aliphatic hydroxyl groups excluding tert-OH is 1. The van der Waals surface area contributed by atoms with Crippen LogP contribution in [0.4, 0.5) is 4.79 Å². The van der Waals surface area contributed by atoms with Crippen molar-refractivity contribution in [2.24, 2.45) is 11.8 Å². The number of nitrogens with zero attached hydrogens (tertiary/aromatic N) is 1. The Bertz CT molecular complexity index is 296. The van der Waals surface area contributed by atoms with E-state index >= 15 is 0 Å². The van der Waals surface area contributed by atoms with E-state index in [-0.39, 0.29) is 18.6 Å². The van der Waals surface area contributed by atoms with Crippen LogP contribution in [0.5, 0.6) is 0 Å². The SMILES string of the molecule is CCC1CCCC(NC(=O)N2CCCC(CO)C2)C1. The molecule has 1 aliphatic carbocycles. The summed E-state index contributed by atoms with van der Waals surface area (Å²) in [6.07, 6.45) is 8.10. The number of urea groups is 1. The van der Waals surface area contributed by atoms with Gasteiger partial charge in [0.25, 0.3) is 0 Å². The van der Waals surface area contributed by atoms with Gasteiger partial charge in [-0.05, 0) is 37.5 Å². The van der Waals surface area contributed by atoms with E-state index in [0.717, 1.165) is 38.1 Å². The lowest BCUT2D eigenvalue weighted by atomic mass is 9.84. The minimum Gasteiger partial charge on any atom is -0.396 e. The summed E-state index contributed by atoms with van der Waals surface area (Å²) in [6, 6.07) is 0.445. The van der Waals surface area contributed by atoms with Gasteiger partial charge in [0.05, 0.1) is 0 Å². The lowest BCUT2D eigenvalue weighted by molar-refractivity contribution is 0.125. The maximum absolute atomic E-state index is 12.3. The molecule has 1 saturated heterocycles. The second-order valence-corrected chi connectivity index (χ2v) is 6.22. The molecular formula is C15H28N2O2. The van der Waals surface area contributed by atoms with E-state index in [9.17, 15) is 9.90 Å². The van der Waals surface area contributed by atoms with Crippen molar-refractivity contribution < 1.29 is 9.90 Å². The summed E-state index contributed by atoms with van der Waals surface area (Å²) in [6.45, 7) is 4.00. The lowest BCUT2D eigenvalue weighted by Crippen LogP contribution is -2.50. The molecule has 110 valence electrons. The first-order chi connectivity index (χ1) is 9.22. The number of piperidine rings is 1. The normalized spacial score (nSPS) is 32.1. The molecule has 4 nitrogen and oxygen atoms in total. The van der Waals surface area contributed by atoms with Crippen molar-refractivity contribution in [3.05, 3.63) is 0 Å². The predicted octanol–water partition coefficient (Wildman–Crippen LogP) is 2.37. The van der Waals surface area contributed by atoms with Crippen LogP contribution < -0.4 is 5.32 Å². The van der Waals surface area contributed by atoms with Gasteiger partial charge >= 0.3 is 6.03 Å². The van der Waals surface area contributed by atoms with Crippen molar-refractivity contribution in [2.45, 2.75) is 57.9 Å². The summed E-state index contributed by atoms with van der Waals surface area (Å²) in [5.74, 6) is 1.06. The molecule has 2 amide bonds. The van der Waals surface area contributed by atoms with Crippen molar-refractivity contribution in [3.63, 3.8) is 0 Å². The number of rotatable bonds is 3. The van der Waals surface area contributed by atoms with Crippen LogP contribution in [-0.2, 0) is 0 Å². The summed E-state index contributed by atoms with van der Waals surface area (Å²) in [4.78, 5) is 14.1. The fourth-order valence-electron chi connectivity index (χ4n) is 3.46. The summed E-state index contributed by atoms with van der Waals surface area (Å²) < 4.78 is 0. The minimum absolute atomic E-state index is 0.0832. The van der Waals surface area contributed by atoms with E-state index in [1.165, 1.54) is 19.3 Å². The zero-order valence-corrected chi connectivity index (χ0v) is 12.1. The molecule has 1 aliphatic heterocycles. The van der Waals surface area contributed by atoms with Gasteiger partial charge in [-0.3, -0.25) is 0 Å². The number of hydrogen-bond acceptors (Lipinski definition) is 2. The van der Waals surface area contributed by atoms with Crippen molar-refractivity contribution >= 4 is 6.03 Å². The van der Waals surface area contributed by atoms with Crippen molar-refractivity contribution in [1.29, 1.82) is 0 Å². The molecule has 0 spiro atoms. The third kappa shape index (κ3) is 4.10. The molecule has 0 aromatic carbocycles. The first kappa shape index (κ1) is 14.6. The molecule has 2 fully saturated rings. The Hall–Kier alpha value is -0.770. The second kappa shape index (κ2) is 7.13. The van der Waals surface area contributed by atoms with E-state index < -0.39 is 0 Å². The molecule has 1 heterocycles. The highest BCUT2D eigenvalue weighted by Crippen LogP contribution is 2.26. The third-order valence-electron chi connectivity index (χ3n) is 4.75. The van der Waals surface area contributed by atoms with Crippen LogP contribution in [0.1, 0.15) is 51.9 Å². The van der Waals surface area contributed by atoms with Crippen LogP contribution in [-0.4, -0.2) is 41.8 Å². The minimum atomic E-state index is 0.0832. The second-order valence-electron chi connectivity index (χ2n) is 6.22. The molecule has 3 unspecified atom stereocenters. The first-order valence-corrected chi connectivity index (χ1v) is 7.89. The summed E-state index contributed by atoms with van der Waals surface area (Å²) in [7, 11) is 0. The van der Waals surface area contributed by atoms with Gasteiger partial charge in [-0.1, -0.05) is 26.2 Å². The number of carbonyl (C=O) groups is 1. The molecule has 1 saturated carbocycles. The standard InChI is InChI=1S/C15H28N2O2/c1-2-12-5-3-7-14(9-12)16-15(19)17-8-4-6-13(10-17)11-18/h12-14,18H,2-11H2,1H3,(H,16,19). The van der Waals surface area contributed by atoms with Gasteiger partial charge in [0, 0.05) is 25.7 Å². The summed E-state index contributed by atoms with van der Waals surface area (Å²) in [5, 5.41) is 12.4. The molecule has 2 rings (SSSR count). The van der Waals surface area contributed by atoms with Gasteiger partial charge in [0.1, 0.15) is 0 Å². The highest BCUT2D eigenvalue weighted by atomic mass is 16.3. The molecule has 2 aliphatic rings. The monoisotopic (exact) mass is 268 g/mol. The van der Waals surface area contributed by atoms with E-state index in [0.29, 0.717) is 12.6 Å². The average molecular weight is 268 g/mol. The number of amides is 2. The third-order valence-corrected chi connectivity index (χ3v) is 4.75. The van der Waals surface area contributed by atoms with E-state index in [4.69, 9.17) is 0 Å². The zero-order chi connectivity index (χ0) is 13.7. The molecule has 0 bridgehead atoms. The molecular weight excluding hydrogens is 240 g/mol. The smallest absolute Gasteiger partial charge is 0.317 e. The van der Waals surface area contributed by atoms with Gasteiger partial charge in [0.15, 0.2) is 0 Å². The fraction of sp³-hybridized carbons (Fsp3) is 0.933. The lowest BCUT2D eigenvalue weighted by Gasteiger charge is -2.35. The molecule has 3 atom stereocenters.